The molecule has 0 aliphatic heterocycles. The Bertz CT molecular complexity index is 572. The molecule has 100 valence electrons. The summed E-state index contributed by atoms with van der Waals surface area (Å²) >= 11 is 15.7. The summed E-state index contributed by atoms with van der Waals surface area (Å²) in [6.45, 7) is 2.14. The second-order valence-electron chi connectivity index (χ2n) is 4.26. The number of hydrogen-bond acceptors (Lipinski definition) is 1. The first-order chi connectivity index (χ1) is 9.11. The monoisotopic (exact) mass is 357 g/mol. The molecule has 0 radical (unpaired) electrons. The van der Waals surface area contributed by atoms with Crippen LogP contribution in [0.1, 0.15) is 24.9 Å². The minimum Gasteiger partial charge on any atom is -0.377 e. The van der Waals surface area contributed by atoms with Crippen LogP contribution in [-0.2, 0) is 0 Å². The zero-order valence-corrected chi connectivity index (χ0v) is 13.6. The van der Waals surface area contributed by atoms with Gasteiger partial charge in [-0.2, -0.15) is 0 Å². The lowest BCUT2D eigenvalue weighted by Gasteiger charge is -2.20. The molecule has 0 aromatic heterocycles. The number of hydrogen-bond donors (Lipinski definition) is 1. The number of nitrogens with one attached hydrogen (secondary N) is 1. The third kappa shape index (κ3) is 3.65. The highest BCUT2D eigenvalue weighted by atomic mass is 79.9. The maximum absolute atomic E-state index is 6.21. The average Bonchev–Trinajstić information content (AvgIpc) is 2.40. The van der Waals surface area contributed by atoms with Gasteiger partial charge in [0.15, 0.2) is 0 Å². The van der Waals surface area contributed by atoms with E-state index < -0.39 is 0 Å². The molecule has 2 aromatic rings. The molecule has 0 heterocycles. The van der Waals surface area contributed by atoms with E-state index >= 15 is 0 Å². The average molecular weight is 359 g/mol. The molecule has 0 aliphatic rings. The van der Waals surface area contributed by atoms with E-state index in [1.807, 2.05) is 24.3 Å². The van der Waals surface area contributed by atoms with Gasteiger partial charge < -0.3 is 5.32 Å². The topological polar surface area (TPSA) is 12.0 Å². The van der Waals surface area contributed by atoms with Gasteiger partial charge in [0.25, 0.3) is 0 Å². The van der Waals surface area contributed by atoms with Crippen LogP contribution in [-0.4, -0.2) is 0 Å². The van der Waals surface area contributed by atoms with Gasteiger partial charge in [-0.15, -0.1) is 0 Å². The molecule has 19 heavy (non-hydrogen) atoms. The highest BCUT2D eigenvalue weighted by Crippen LogP contribution is 2.33. The van der Waals surface area contributed by atoms with E-state index in [9.17, 15) is 0 Å². The van der Waals surface area contributed by atoms with Crippen LogP contribution in [0, 0.1) is 0 Å². The van der Waals surface area contributed by atoms with Crippen LogP contribution in [0.5, 0.6) is 0 Å². The van der Waals surface area contributed by atoms with Gasteiger partial charge in [-0.05, 0) is 36.2 Å². The minimum absolute atomic E-state index is 0.202. The van der Waals surface area contributed by atoms with Gasteiger partial charge in [0.05, 0.1) is 21.8 Å². The number of anilines is 1. The Morgan fingerprint density at radius 1 is 1.16 bits per heavy atom. The van der Waals surface area contributed by atoms with Gasteiger partial charge >= 0.3 is 0 Å². The van der Waals surface area contributed by atoms with Crippen LogP contribution in [0.2, 0.25) is 10.0 Å². The standard InChI is InChI=1S/C15H14BrCl2N/c1-2-13(10-5-3-6-11(16)9-10)19-14-8-4-7-12(17)15(14)18/h3-9,13,19H,2H2,1H3. The van der Waals surface area contributed by atoms with E-state index in [-0.39, 0.29) is 6.04 Å². The number of halogens is 3. The molecule has 0 saturated heterocycles. The third-order valence-electron chi connectivity index (χ3n) is 2.94. The van der Waals surface area contributed by atoms with E-state index in [4.69, 9.17) is 23.2 Å². The fourth-order valence-corrected chi connectivity index (χ4v) is 2.72. The summed E-state index contributed by atoms with van der Waals surface area (Å²) in [4.78, 5) is 0. The molecule has 1 unspecified atom stereocenters. The van der Waals surface area contributed by atoms with Crippen LogP contribution in [0.25, 0.3) is 0 Å². The van der Waals surface area contributed by atoms with Crippen molar-refractivity contribution in [2.45, 2.75) is 19.4 Å². The summed E-state index contributed by atoms with van der Waals surface area (Å²) in [5.74, 6) is 0. The number of benzene rings is 2. The molecule has 1 nitrogen and oxygen atoms in total. The first-order valence-corrected chi connectivity index (χ1v) is 7.62. The molecular weight excluding hydrogens is 345 g/mol. The molecule has 0 saturated carbocycles. The van der Waals surface area contributed by atoms with Gasteiger partial charge in [-0.1, -0.05) is 64.3 Å². The predicted molar refractivity (Wildman–Crippen MR) is 87.3 cm³/mol. The minimum atomic E-state index is 0.202. The number of rotatable bonds is 4. The van der Waals surface area contributed by atoms with Crippen molar-refractivity contribution in [1.29, 1.82) is 0 Å². The zero-order valence-electron chi connectivity index (χ0n) is 10.5. The van der Waals surface area contributed by atoms with Crippen LogP contribution in [0.3, 0.4) is 0 Å². The maximum atomic E-state index is 6.21. The first-order valence-electron chi connectivity index (χ1n) is 6.08. The largest absolute Gasteiger partial charge is 0.377 e. The molecule has 4 heteroatoms. The van der Waals surface area contributed by atoms with Crippen LogP contribution < -0.4 is 5.32 Å². The molecule has 0 amide bonds. The smallest absolute Gasteiger partial charge is 0.0823 e. The van der Waals surface area contributed by atoms with E-state index in [0.717, 1.165) is 16.6 Å². The summed E-state index contributed by atoms with van der Waals surface area (Å²) in [6, 6.07) is 14.1. The van der Waals surface area contributed by atoms with Gasteiger partial charge in [-0.3, -0.25) is 0 Å². The molecule has 0 fully saturated rings. The Morgan fingerprint density at radius 3 is 2.58 bits per heavy atom. The fourth-order valence-electron chi connectivity index (χ4n) is 1.95. The lowest BCUT2D eigenvalue weighted by Crippen LogP contribution is -2.10. The second kappa shape index (κ2) is 6.65. The Morgan fingerprint density at radius 2 is 1.89 bits per heavy atom. The van der Waals surface area contributed by atoms with Crippen LogP contribution in [0.15, 0.2) is 46.9 Å². The van der Waals surface area contributed by atoms with Crippen molar-refractivity contribution in [2.75, 3.05) is 5.32 Å². The molecule has 0 spiro atoms. The second-order valence-corrected chi connectivity index (χ2v) is 5.96. The van der Waals surface area contributed by atoms with E-state index in [2.05, 4.69) is 40.3 Å². The van der Waals surface area contributed by atoms with Crippen molar-refractivity contribution in [3.8, 4) is 0 Å². The van der Waals surface area contributed by atoms with Crippen LogP contribution >= 0.6 is 39.1 Å². The third-order valence-corrected chi connectivity index (χ3v) is 4.25. The molecular formula is C15H14BrCl2N. The van der Waals surface area contributed by atoms with E-state index in [1.54, 1.807) is 6.07 Å². The van der Waals surface area contributed by atoms with Crippen molar-refractivity contribution in [3.05, 3.63) is 62.5 Å². The van der Waals surface area contributed by atoms with Crippen molar-refractivity contribution in [1.82, 2.24) is 0 Å². The van der Waals surface area contributed by atoms with Crippen molar-refractivity contribution in [2.24, 2.45) is 0 Å². The summed E-state index contributed by atoms with van der Waals surface area (Å²) in [5.41, 5.74) is 2.08. The summed E-state index contributed by atoms with van der Waals surface area (Å²) in [7, 11) is 0. The Kier molecular flexibility index (Phi) is 5.14. The molecule has 0 aliphatic carbocycles. The zero-order chi connectivity index (χ0) is 13.8. The van der Waals surface area contributed by atoms with E-state index in [0.29, 0.717) is 10.0 Å². The molecule has 2 rings (SSSR count). The van der Waals surface area contributed by atoms with Crippen LogP contribution in [0.4, 0.5) is 5.69 Å². The predicted octanol–water partition coefficient (Wildman–Crippen LogP) is 6.32. The van der Waals surface area contributed by atoms with Crippen molar-refractivity contribution < 1.29 is 0 Å². The van der Waals surface area contributed by atoms with Crippen molar-refractivity contribution >= 4 is 44.8 Å². The first kappa shape index (κ1) is 14.7. The lowest BCUT2D eigenvalue weighted by atomic mass is 10.0. The SMILES string of the molecule is CCC(Nc1cccc(Cl)c1Cl)c1cccc(Br)c1. The fraction of sp³-hybridized carbons (Fsp3) is 0.200. The Hall–Kier alpha value is -0.700. The van der Waals surface area contributed by atoms with Crippen molar-refractivity contribution in [3.63, 3.8) is 0 Å². The Balaban J connectivity index is 2.26. The van der Waals surface area contributed by atoms with Gasteiger partial charge in [-0.25, -0.2) is 0 Å². The molecule has 0 bridgehead atoms. The Labute approximate surface area is 132 Å². The summed E-state index contributed by atoms with van der Waals surface area (Å²) in [6.07, 6.45) is 0.958. The summed E-state index contributed by atoms with van der Waals surface area (Å²) < 4.78 is 1.07. The van der Waals surface area contributed by atoms with Gasteiger partial charge in [0.2, 0.25) is 0 Å². The molecule has 2 aromatic carbocycles. The lowest BCUT2D eigenvalue weighted by molar-refractivity contribution is 0.749. The maximum Gasteiger partial charge on any atom is 0.0823 e. The summed E-state index contributed by atoms with van der Waals surface area (Å²) in [5, 5.41) is 4.58. The van der Waals surface area contributed by atoms with E-state index in [1.165, 1.54) is 5.56 Å². The molecule has 1 N–H and O–H groups in total. The normalized spacial score (nSPS) is 12.2. The quantitative estimate of drug-likeness (QED) is 0.674. The highest BCUT2D eigenvalue weighted by molar-refractivity contribution is 9.10. The van der Waals surface area contributed by atoms with Gasteiger partial charge in [0, 0.05) is 4.47 Å². The molecule has 1 atom stereocenters. The highest BCUT2D eigenvalue weighted by Gasteiger charge is 2.12. The van der Waals surface area contributed by atoms with Gasteiger partial charge in [0.1, 0.15) is 0 Å².